The Morgan fingerprint density at radius 3 is 2.62 bits per heavy atom. The van der Waals surface area contributed by atoms with Crippen LogP contribution in [0.25, 0.3) is 0 Å². The number of benzene rings is 1. The molecule has 2 aliphatic rings. The largest absolute Gasteiger partial charge is 0.370 e. The van der Waals surface area contributed by atoms with Gasteiger partial charge in [0.2, 0.25) is 0 Å². The molecule has 1 unspecified atom stereocenters. The number of hydrogen-bond donors (Lipinski definition) is 1. The van der Waals surface area contributed by atoms with Gasteiger partial charge < -0.3 is 10.6 Å². The molecule has 1 aromatic rings. The van der Waals surface area contributed by atoms with Gasteiger partial charge in [-0.3, -0.25) is 4.90 Å². The van der Waals surface area contributed by atoms with Crippen LogP contribution in [0.5, 0.6) is 0 Å². The van der Waals surface area contributed by atoms with Gasteiger partial charge in [0.25, 0.3) is 0 Å². The molecule has 1 aromatic carbocycles. The van der Waals surface area contributed by atoms with Gasteiger partial charge in [-0.1, -0.05) is 15.9 Å². The number of anilines is 1. The normalized spacial score (nSPS) is 24.2. The standard InChI is InChI=1S/C16H21BrN4/c17-13-7-12(10-18)8-16(9-13)21-6-3-15(11-21)20-4-1-14(19)2-5-20/h7-9,14-15H,1-6,11,19H2. The monoisotopic (exact) mass is 348 g/mol. The third kappa shape index (κ3) is 3.39. The van der Waals surface area contributed by atoms with Crippen LogP contribution in [0, 0.1) is 11.3 Å². The van der Waals surface area contributed by atoms with E-state index in [0.717, 1.165) is 49.2 Å². The van der Waals surface area contributed by atoms with Gasteiger partial charge in [-0.25, -0.2) is 0 Å². The zero-order chi connectivity index (χ0) is 14.8. The predicted molar refractivity (Wildman–Crippen MR) is 88.3 cm³/mol. The highest BCUT2D eigenvalue weighted by molar-refractivity contribution is 9.10. The molecule has 2 heterocycles. The maximum absolute atomic E-state index is 9.10. The number of nitriles is 1. The van der Waals surface area contributed by atoms with E-state index in [4.69, 9.17) is 11.0 Å². The van der Waals surface area contributed by atoms with Crippen LogP contribution in [-0.4, -0.2) is 43.2 Å². The summed E-state index contributed by atoms with van der Waals surface area (Å²) in [6.07, 6.45) is 3.43. The Kier molecular flexibility index (Phi) is 4.48. The number of likely N-dealkylation sites (tertiary alicyclic amines) is 1. The van der Waals surface area contributed by atoms with Crippen LogP contribution >= 0.6 is 15.9 Å². The summed E-state index contributed by atoms with van der Waals surface area (Å²) in [7, 11) is 0. The minimum Gasteiger partial charge on any atom is -0.370 e. The molecule has 5 heteroatoms. The highest BCUT2D eigenvalue weighted by Crippen LogP contribution is 2.28. The van der Waals surface area contributed by atoms with Crippen LogP contribution in [0.4, 0.5) is 5.69 Å². The topological polar surface area (TPSA) is 56.3 Å². The Morgan fingerprint density at radius 2 is 1.90 bits per heavy atom. The van der Waals surface area contributed by atoms with Crippen molar-refractivity contribution in [2.24, 2.45) is 5.73 Å². The van der Waals surface area contributed by atoms with Crippen molar-refractivity contribution in [1.82, 2.24) is 4.90 Å². The number of nitrogens with zero attached hydrogens (tertiary/aromatic N) is 3. The van der Waals surface area contributed by atoms with E-state index in [-0.39, 0.29) is 0 Å². The summed E-state index contributed by atoms with van der Waals surface area (Å²) >= 11 is 3.50. The van der Waals surface area contributed by atoms with Crippen molar-refractivity contribution in [3.05, 3.63) is 28.2 Å². The Morgan fingerprint density at radius 1 is 1.14 bits per heavy atom. The number of nitrogens with two attached hydrogens (primary N) is 1. The molecular formula is C16H21BrN4. The first-order valence-electron chi connectivity index (χ1n) is 7.61. The Labute approximate surface area is 134 Å². The molecule has 3 rings (SSSR count). The summed E-state index contributed by atoms with van der Waals surface area (Å²) in [5.74, 6) is 0. The molecule has 21 heavy (non-hydrogen) atoms. The van der Waals surface area contributed by atoms with Gasteiger partial charge in [-0.2, -0.15) is 5.26 Å². The van der Waals surface area contributed by atoms with Gasteiger partial charge in [0.1, 0.15) is 0 Å². The smallest absolute Gasteiger partial charge is 0.0992 e. The zero-order valence-electron chi connectivity index (χ0n) is 12.1. The Bertz CT molecular complexity index is 546. The average Bonchev–Trinajstić information content (AvgIpc) is 2.97. The Hall–Kier alpha value is -1.09. The third-order valence-corrected chi connectivity index (χ3v) is 5.09. The summed E-state index contributed by atoms with van der Waals surface area (Å²) in [6, 6.07) is 9.20. The summed E-state index contributed by atoms with van der Waals surface area (Å²) in [5, 5.41) is 9.10. The summed E-state index contributed by atoms with van der Waals surface area (Å²) < 4.78 is 0.976. The lowest BCUT2D eigenvalue weighted by Gasteiger charge is -2.34. The first-order chi connectivity index (χ1) is 10.2. The number of hydrogen-bond acceptors (Lipinski definition) is 4. The predicted octanol–water partition coefficient (Wildman–Crippen LogP) is 2.32. The van der Waals surface area contributed by atoms with E-state index >= 15 is 0 Å². The van der Waals surface area contributed by atoms with Gasteiger partial charge in [0, 0.05) is 35.3 Å². The highest BCUT2D eigenvalue weighted by atomic mass is 79.9. The molecule has 4 nitrogen and oxygen atoms in total. The molecule has 0 bridgehead atoms. The van der Waals surface area contributed by atoms with Crippen LogP contribution in [-0.2, 0) is 0 Å². The van der Waals surface area contributed by atoms with E-state index in [1.807, 2.05) is 12.1 Å². The number of halogens is 1. The molecule has 0 aromatic heterocycles. The third-order valence-electron chi connectivity index (χ3n) is 4.63. The molecule has 1 atom stereocenters. The van der Waals surface area contributed by atoms with Crippen molar-refractivity contribution in [3.63, 3.8) is 0 Å². The molecule has 0 aliphatic carbocycles. The SMILES string of the molecule is N#Cc1cc(Br)cc(N2CCC(N3CCC(N)CC3)C2)c1. The van der Waals surface area contributed by atoms with Crippen molar-refractivity contribution in [2.75, 3.05) is 31.1 Å². The Balaban J connectivity index is 1.67. The fourth-order valence-electron chi connectivity index (χ4n) is 3.38. The molecule has 2 aliphatic heterocycles. The average molecular weight is 349 g/mol. The highest BCUT2D eigenvalue weighted by Gasteiger charge is 2.30. The summed E-state index contributed by atoms with van der Waals surface area (Å²) in [5.41, 5.74) is 7.85. The second kappa shape index (κ2) is 6.35. The van der Waals surface area contributed by atoms with Crippen LogP contribution in [0.15, 0.2) is 22.7 Å². The first kappa shape index (κ1) is 14.8. The lowest BCUT2D eigenvalue weighted by Crippen LogP contribution is -2.46. The second-order valence-electron chi connectivity index (χ2n) is 6.07. The van der Waals surface area contributed by atoms with E-state index < -0.39 is 0 Å². The first-order valence-corrected chi connectivity index (χ1v) is 8.40. The van der Waals surface area contributed by atoms with Crippen molar-refractivity contribution >= 4 is 21.6 Å². The molecule has 0 amide bonds. The lowest BCUT2D eigenvalue weighted by atomic mass is 10.0. The van der Waals surface area contributed by atoms with Gasteiger partial charge in [0.15, 0.2) is 0 Å². The second-order valence-corrected chi connectivity index (χ2v) is 6.99. The fraction of sp³-hybridized carbons (Fsp3) is 0.562. The fourth-order valence-corrected chi connectivity index (χ4v) is 3.86. The van der Waals surface area contributed by atoms with Crippen molar-refractivity contribution in [1.29, 1.82) is 5.26 Å². The maximum atomic E-state index is 9.10. The van der Waals surface area contributed by atoms with E-state index in [1.54, 1.807) is 0 Å². The molecule has 0 saturated carbocycles. The zero-order valence-corrected chi connectivity index (χ0v) is 13.7. The van der Waals surface area contributed by atoms with Crippen molar-refractivity contribution in [3.8, 4) is 6.07 Å². The van der Waals surface area contributed by atoms with E-state index in [9.17, 15) is 0 Å². The minimum absolute atomic E-state index is 0.391. The quantitative estimate of drug-likeness (QED) is 0.890. The summed E-state index contributed by atoms with van der Waals surface area (Å²) in [6.45, 7) is 4.37. The molecular weight excluding hydrogens is 328 g/mol. The van der Waals surface area contributed by atoms with Crippen LogP contribution in [0.3, 0.4) is 0 Å². The molecule has 0 radical (unpaired) electrons. The van der Waals surface area contributed by atoms with Gasteiger partial charge in [-0.15, -0.1) is 0 Å². The molecule has 2 saturated heterocycles. The van der Waals surface area contributed by atoms with Gasteiger partial charge >= 0.3 is 0 Å². The van der Waals surface area contributed by atoms with Crippen molar-refractivity contribution < 1.29 is 0 Å². The van der Waals surface area contributed by atoms with E-state index in [2.05, 4.69) is 37.9 Å². The van der Waals surface area contributed by atoms with Crippen LogP contribution < -0.4 is 10.6 Å². The van der Waals surface area contributed by atoms with Crippen molar-refractivity contribution in [2.45, 2.75) is 31.3 Å². The van der Waals surface area contributed by atoms with Gasteiger partial charge in [0.05, 0.1) is 11.6 Å². The van der Waals surface area contributed by atoms with Crippen LogP contribution in [0.1, 0.15) is 24.8 Å². The lowest BCUT2D eigenvalue weighted by molar-refractivity contribution is 0.163. The maximum Gasteiger partial charge on any atom is 0.0992 e. The number of rotatable bonds is 2. The number of piperidine rings is 1. The molecule has 0 spiro atoms. The molecule has 2 fully saturated rings. The summed E-state index contributed by atoms with van der Waals surface area (Å²) in [4.78, 5) is 4.98. The molecule has 112 valence electrons. The molecule has 2 N–H and O–H groups in total. The van der Waals surface area contributed by atoms with Gasteiger partial charge in [-0.05, 0) is 50.6 Å². The van der Waals surface area contributed by atoms with E-state index in [0.29, 0.717) is 17.6 Å². The van der Waals surface area contributed by atoms with Crippen LogP contribution in [0.2, 0.25) is 0 Å². The van der Waals surface area contributed by atoms with E-state index in [1.165, 1.54) is 6.42 Å². The minimum atomic E-state index is 0.391.